The van der Waals surface area contributed by atoms with Gasteiger partial charge in [0.1, 0.15) is 0 Å². The quantitative estimate of drug-likeness (QED) is 0.362. The first-order chi connectivity index (χ1) is 5.46. The van der Waals surface area contributed by atoms with Crippen LogP contribution in [0.4, 0.5) is 26.0 Å². The molecule has 1 fully saturated rings. The fraction of sp³-hybridized carbons (Fsp3) is 0. The summed E-state index contributed by atoms with van der Waals surface area (Å²) in [4.78, 5) is 0. The maximum Gasteiger partial charge on any atom is 0.309 e. The fourth-order valence-electron chi connectivity index (χ4n) is 0.365. The third kappa shape index (κ3) is 1.67. The van der Waals surface area contributed by atoms with Crippen molar-refractivity contribution in [3.8, 4) is 0 Å². The van der Waals surface area contributed by atoms with Gasteiger partial charge in [-0.25, -0.2) is 0 Å². The van der Waals surface area contributed by atoms with Crippen LogP contribution in [0.3, 0.4) is 0 Å². The molecular weight excluding hydrogens is 249 g/mol. The van der Waals surface area contributed by atoms with Gasteiger partial charge in [0.25, 0.3) is 0 Å². The molecule has 0 unspecified atom stereocenters. The van der Waals surface area contributed by atoms with Crippen LogP contribution in [0, 0.1) is 0 Å². The van der Waals surface area contributed by atoms with E-state index >= 15 is 0 Å². The highest BCUT2D eigenvalue weighted by molar-refractivity contribution is 7.77. The van der Waals surface area contributed by atoms with Gasteiger partial charge in [0, 0.05) is 0 Å². The van der Waals surface area contributed by atoms with Crippen LogP contribution in [-0.2, 0) is 0 Å². The van der Waals surface area contributed by atoms with Crippen molar-refractivity contribution in [3.63, 3.8) is 0 Å². The maximum absolute atomic E-state index is 12.2. The van der Waals surface area contributed by atoms with Gasteiger partial charge in [-0.15, -0.1) is 13.4 Å². The van der Waals surface area contributed by atoms with Gasteiger partial charge in [0.05, 0.1) is 0 Å². The molecule has 0 aromatic rings. The van der Waals surface area contributed by atoms with E-state index in [9.17, 15) is 26.0 Å². The number of rotatable bonds is 0. The van der Waals surface area contributed by atoms with E-state index in [4.69, 9.17) is 0 Å². The molecule has 0 N–H and O–H groups in total. The summed E-state index contributed by atoms with van der Waals surface area (Å²) in [6.07, 6.45) is 0. The molecule has 3 nitrogen and oxygen atoms in total. The highest BCUT2D eigenvalue weighted by atomic mass is 31.3. The summed E-state index contributed by atoms with van der Waals surface area (Å²) in [5, 5.41) is 0. The summed E-state index contributed by atoms with van der Waals surface area (Å²) >= 11 is 0. The minimum atomic E-state index is -3.86. The summed E-state index contributed by atoms with van der Waals surface area (Å²) < 4.78 is 68.8. The smallest absolute Gasteiger partial charge is 0.184 e. The van der Waals surface area contributed by atoms with Gasteiger partial charge >= 0.3 is 25.6 Å². The molecule has 1 aliphatic rings. The Bertz CT molecular complexity index is 110. The number of nitrogens with zero attached hydrogens (tertiary/aromatic N) is 3. The summed E-state index contributed by atoms with van der Waals surface area (Å²) in [5.74, 6) is 0. The van der Waals surface area contributed by atoms with Crippen LogP contribution in [0.15, 0.2) is 0 Å². The van der Waals surface area contributed by atoms with Crippen LogP contribution in [0.1, 0.15) is 0 Å². The van der Waals surface area contributed by atoms with Crippen molar-refractivity contribution < 1.29 is 26.0 Å². The Hall–Kier alpha value is 0.750. The zero-order chi connectivity index (χ0) is 9.46. The summed E-state index contributed by atoms with van der Waals surface area (Å²) in [5.41, 5.74) is 0. The third-order valence-electron chi connectivity index (χ3n) is 0.817. The SMILES string of the molecule is FN1P(F)N(F)P(F)N(F)P1F. The molecule has 1 saturated heterocycles. The van der Waals surface area contributed by atoms with Crippen molar-refractivity contribution in [3.05, 3.63) is 0 Å². The lowest BCUT2D eigenvalue weighted by molar-refractivity contribution is 0.128. The molecule has 1 rings (SSSR count). The van der Waals surface area contributed by atoms with Gasteiger partial charge in [0.15, 0.2) is 0 Å². The van der Waals surface area contributed by atoms with Crippen molar-refractivity contribution >= 4 is 25.6 Å². The minimum Gasteiger partial charge on any atom is -0.184 e. The lowest BCUT2D eigenvalue weighted by Gasteiger charge is -2.31. The van der Waals surface area contributed by atoms with Gasteiger partial charge < -0.3 is 0 Å². The van der Waals surface area contributed by atoms with E-state index in [1.165, 1.54) is 0 Å². The lowest BCUT2D eigenvalue weighted by atomic mass is 13.6. The zero-order valence-electron chi connectivity index (χ0n) is 4.95. The van der Waals surface area contributed by atoms with Crippen molar-refractivity contribution in [1.82, 2.24) is 14.0 Å². The van der Waals surface area contributed by atoms with E-state index in [2.05, 4.69) is 0 Å². The predicted molar refractivity (Wildman–Crippen MR) is 32.9 cm³/mol. The number of hydrogen-bond acceptors (Lipinski definition) is 3. The lowest BCUT2D eigenvalue weighted by Crippen LogP contribution is -2.19. The van der Waals surface area contributed by atoms with Crippen LogP contribution in [0.25, 0.3) is 0 Å². The molecule has 0 atom stereocenters. The molecule has 0 aromatic carbocycles. The number of hydrogen-bond donors (Lipinski definition) is 0. The standard InChI is InChI=1S/F6N3P3/c1-7-10(4)8(2)12(6)9(3)11(7)5. The zero-order valence-corrected chi connectivity index (χ0v) is 7.63. The molecule has 12 heavy (non-hydrogen) atoms. The molecule has 0 saturated carbocycles. The molecule has 72 valence electrons. The predicted octanol–water partition coefficient (Wildman–Crippen LogP) is 4.15. The Balaban J connectivity index is 2.76. The molecule has 0 amide bonds. The fourth-order valence-corrected chi connectivity index (χ4v) is 4.02. The molecule has 1 aliphatic heterocycles. The Labute approximate surface area is 66.7 Å². The van der Waals surface area contributed by atoms with Crippen molar-refractivity contribution in [1.29, 1.82) is 0 Å². The normalized spacial score (nSPS) is 42.0. The second kappa shape index (κ2) is 3.86. The summed E-state index contributed by atoms with van der Waals surface area (Å²) in [6.45, 7) is 0. The van der Waals surface area contributed by atoms with E-state index in [0.29, 0.717) is 0 Å². The van der Waals surface area contributed by atoms with E-state index in [0.717, 1.165) is 0 Å². The summed E-state index contributed by atoms with van der Waals surface area (Å²) in [6, 6.07) is 0. The van der Waals surface area contributed by atoms with Gasteiger partial charge in [-0.1, -0.05) is 0 Å². The van der Waals surface area contributed by atoms with Gasteiger partial charge in [-0.05, 0) is 14.0 Å². The Morgan fingerprint density at radius 1 is 0.583 bits per heavy atom. The first-order valence-electron chi connectivity index (χ1n) is 2.21. The van der Waals surface area contributed by atoms with Crippen LogP contribution in [-0.4, -0.2) is 14.0 Å². The van der Waals surface area contributed by atoms with Crippen LogP contribution >= 0.6 is 25.6 Å². The second-order valence-electron chi connectivity index (χ2n) is 1.44. The molecular formula is F6N3P3. The van der Waals surface area contributed by atoms with Gasteiger partial charge in [0.2, 0.25) is 0 Å². The highest BCUT2D eigenvalue weighted by Gasteiger charge is 2.54. The topological polar surface area (TPSA) is 9.72 Å². The summed E-state index contributed by atoms with van der Waals surface area (Å²) in [7, 11) is -11.6. The first-order valence-corrected chi connectivity index (χ1v) is 5.63. The third-order valence-corrected chi connectivity index (χ3v) is 5.11. The van der Waals surface area contributed by atoms with Crippen molar-refractivity contribution in [2.75, 3.05) is 0 Å². The van der Waals surface area contributed by atoms with Crippen LogP contribution in [0.2, 0.25) is 0 Å². The molecule has 0 aliphatic carbocycles. The monoisotopic (exact) mass is 249 g/mol. The Morgan fingerprint density at radius 2 is 0.750 bits per heavy atom. The first kappa shape index (κ1) is 10.8. The molecule has 0 aromatic heterocycles. The molecule has 0 radical (unpaired) electrons. The average molecular weight is 249 g/mol. The van der Waals surface area contributed by atoms with E-state index in [1.807, 2.05) is 0 Å². The van der Waals surface area contributed by atoms with Crippen LogP contribution < -0.4 is 0 Å². The number of halogens is 6. The molecule has 12 heteroatoms. The van der Waals surface area contributed by atoms with Crippen molar-refractivity contribution in [2.45, 2.75) is 0 Å². The maximum atomic E-state index is 12.2. The molecule has 0 spiro atoms. The average Bonchev–Trinajstić information content (AvgIpc) is 2.08. The second-order valence-corrected chi connectivity index (χ2v) is 5.94. The van der Waals surface area contributed by atoms with E-state index < -0.39 is 39.6 Å². The largest absolute Gasteiger partial charge is 0.309 e. The van der Waals surface area contributed by atoms with E-state index in [1.54, 1.807) is 0 Å². The molecule has 0 bridgehead atoms. The highest BCUT2D eigenvalue weighted by Crippen LogP contribution is 2.79. The Kier molecular flexibility index (Phi) is 3.49. The van der Waals surface area contributed by atoms with Gasteiger partial charge in [-0.3, -0.25) is 0 Å². The minimum absolute atomic E-state index is 1.30. The van der Waals surface area contributed by atoms with Crippen molar-refractivity contribution in [2.24, 2.45) is 0 Å². The Morgan fingerprint density at radius 3 is 0.917 bits per heavy atom. The van der Waals surface area contributed by atoms with Gasteiger partial charge in [-0.2, -0.15) is 12.6 Å². The van der Waals surface area contributed by atoms with E-state index in [-0.39, 0.29) is 0 Å². The van der Waals surface area contributed by atoms with Crippen LogP contribution in [0.5, 0.6) is 0 Å². The molecule has 1 heterocycles.